The molecule has 128 valence electrons. The second kappa shape index (κ2) is 8.06. The summed E-state index contributed by atoms with van der Waals surface area (Å²) in [6, 6.07) is 6.05. The van der Waals surface area contributed by atoms with E-state index < -0.39 is 11.9 Å². The highest BCUT2D eigenvalue weighted by Gasteiger charge is 2.21. The lowest BCUT2D eigenvalue weighted by atomic mass is 10.0. The molecule has 0 aliphatic rings. The van der Waals surface area contributed by atoms with E-state index in [9.17, 15) is 9.59 Å². The molecule has 24 heavy (non-hydrogen) atoms. The Hall–Kier alpha value is -2.21. The van der Waals surface area contributed by atoms with E-state index in [0.29, 0.717) is 10.7 Å². The van der Waals surface area contributed by atoms with Gasteiger partial charge in [0.05, 0.1) is 18.0 Å². The minimum atomic E-state index is -0.923. The van der Waals surface area contributed by atoms with E-state index in [1.165, 1.54) is 11.3 Å². The number of aliphatic carboxylic acids is 1. The predicted octanol–water partition coefficient (Wildman–Crippen LogP) is 3.64. The molecule has 0 saturated heterocycles. The summed E-state index contributed by atoms with van der Waals surface area (Å²) in [5.74, 6) is -1.47. The summed E-state index contributed by atoms with van der Waals surface area (Å²) in [5.41, 5.74) is 3.60. The normalized spacial score (nSPS) is 12.0. The summed E-state index contributed by atoms with van der Waals surface area (Å²) in [5, 5.41) is 14.2. The largest absolute Gasteiger partial charge is 0.481 e. The van der Waals surface area contributed by atoms with Crippen molar-refractivity contribution in [3.05, 3.63) is 45.4 Å². The Morgan fingerprint density at radius 1 is 1.25 bits per heavy atom. The molecule has 0 unspecified atom stereocenters. The van der Waals surface area contributed by atoms with E-state index in [-0.39, 0.29) is 12.3 Å². The lowest BCUT2D eigenvalue weighted by Crippen LogP contribution is -2.20. The number of benzene rings is 1. The average molecular weight is 346 g/mol. The molecule has 2 rings (SSSR count). The number of aromatic nitrogens is 1. The Morgan fingerprint density at radius 3 is 2.42 bits per heavy atom. The van der Waals surface area contributed by atoms with Gasteiger partial charge < -0.3 is 10.4 Å². The van der Waals surface area contributed by atoms with E-state index in [2.05, 4.69) is 24.1 Å². The number of carboxylic acids is 1. The Bertz CT molecular complexity index is 717. The molecule has 0 aliphatic heterocycles. The van der Waals surface area contributed by atoms with Gasteiger partial charge in [-0.05, 0) is 30.9 Å². The first-order valence-corrected chi connectivity index (χ1v) is 8.91. The fourth-order valence-corrected chi connectivity index (χ4v) is 3.38. The molecule has 0 radical (unpaired) electrons. The molecule has 0 fully saturated rings. The zero-order valence-electron chi connectivity index (χ0n) is 14.1. The van der Waals surface area contributed by atoms with Crippen molar-refractivity contribution in [2.24, 2.45) is 0 Å². The van der Waals surface area contributed by atoms with E-state index in [4.69, 9.17) is 5.11 Å². The first-order valence-electron chi connectivity index (χ1n) is 8.03. The van der Waals surface area contributed by atoms with Crippen LogP contribution in [0.3, 0.4) is 0 Å². The van der Waals surface area contributed by atoms with Crippen molar-refractivity contribution >= 4 is 28.9 Å². The van der Waals surface area contributed by atoms with Crippen LogP contribution in [0.15, 0.2) is 23.6 Å². The van der Waals surface area contributed by atoms with Crippen molar-refractivity contribution in [2.75, 3.05) is 5.32 Å². The summed E-state index contributed by atoms with van der Waals surface area (Å²) in [4.78, 5) is 27.6. The van der Waals surface area contributed by atoms with Crippen LogP contribution in [0.25, 0.3) is 0 Å². The summed E-state index contributed by atoms with van der Waals surface area (Å²) in [6.45, 7) is 5.92. The van der Waals surface area contributed by atoms with Crippen LogP contribution in [0.1, 0.15) is 48.5 Å². The number of thiazole rings is 1. The molecule has 0 saturated carbocycles. The molecule has 1 amide bonds. The predicted molar refractivity (Wildman–Crippen MR) is 95.7 cm³/mol. The quantitative estimate of drug-likeness (QED) is 0.802. The summed E-state index contributed by atoms with van der Waals surface area (Å²) < 4.78 is 0. The number of carbonyl (C=O) groups is 2. The number of hydrogen-bond acceptors (Lipinski definition) is 4. The minimum Gasteiger partial charge on any atom is -0.481 e. The first kappa shape index (κ1) is 18.1. The van der Waals surface area contributed by atoms with Gasteiger partial charge in [-0.15, -0.1) is 11.3 Å². The SMILES string of the molecule is CCc1cccc(CC)c1NC(=O)[C@@H](C)c1nc(CC(=O)O)cs1. The fraction of sp³-hybridized carbons (Fsp3) is 0.389. The number of carboxylic acid groups (broad SMARTS) is 1. The zero-order chi connectivity index (χ0) is 17.7. The molecule has 0 spiro atoms. The smallest absolute Gasteiger partial charge is 0.309 e. The van der Waals surface area contributed by atoms with Crippen LogP contribution in [0, 0.1) is 0 Å². The van der Waals surface area contributed by atoms with E-state index in [1.807, 2.05) is 18.2 Å². The molecule has 2 N–H and O–H groups in total. The van der Waals surface area contributed by atoms with Crippen molar-refractivity contribution in [3.63, 3.8) is 0 Å². The second-order valence-corrected chi connectivity index (χ2v) is 6.51. The van der Waals surface area contributed by atoms with Gasteiger partial charge >= 0.3 is 5.97 Å². The molecular formula is C18H22N2O3S. The van der Waals surface area contributed by atoms with E-state index in [1.54, 1.807) is 12.3 Å². The molecule has 1 atom stereocenters. The molecule has 2 aromatic rings. The number of nitrogens with one attached hydrogen (secondary N) is 1. The van der Waals surface area contributed by atoms with Gasteiger partial charge in [0, 0.05) is 11.1 Å². The third kappa shape index (κ3) is 4.20. The van der Waals surface area contributed by atoms with Gasteiger partial charge in [0.2, 0.25) is 5.91 Å². The van der Waals surface area contributed by atoms with Crippen LogP contribution in [0.5, 0.6) is 0 Å². The third-order valence-electron chi connectivity index (χ3n) is 3.91. The standard InChI is InChI=1S/C18H22N2O3S/c1-4-12-7-6-8-13(5-2)16(12)20-17(23)11(3)18-19-14(10-24-18)9-15(21)22/h6-8,10-11H,4-5,9H2,1-3H3,(H,20,23)(H,21,22)/t11-/m1/s1. The Kier molecular flexibility index (Phi) is 6.09. The van der Waals surface area contributed by atoms with Crippen LogP contribution in [0.2, 0.25) is 0 Å². The number of anilines is 1. The molecule has 0 aliphatic carbocycles. The Balaban J connectivity index is 2.17. The van der Waals surface area contributed by atoms with Crippen molar-refractivity contribution in [1.29, 1.82) is 0 Å². The highest BCUT2D eigenvalue weighted by atomic mass is 32.1. The molecule has 1 aromatic carbocycles. The summed E-state index contributed by atoms with van der Waals surface area (Å²) >= 11 is 1.32. The maximum atomic E-state index is 12.6. The Labute approximate surface area is 145 Å². The summed E-state index contributed by atoms with van der Waals surface area (Å²) in [7, 11) is 0. The fourth-order valence-electron chi connectivity index (χ4n) is 2.50. The maximum Gasteiger partial charge on any atom is 0.309 e. The number of amides is 1. The number of carbonyl (C=O) groups excluding carboxylic acids is 1. The Morgan fingerprint density at radius 2 is 1.88 bits per heavy atom. The highest BCUT2D eigenvalue weighted by Crippen LogP contribution is 2.26. The minimum absolute atomic E-state index is 0.122. The van der Waals surface area contributed by atoms with Gasteiger partial charge in [0.1, 0.15) is 5.01 Å². The molecule has 1 heterocycles. The van der Waals surface area contributed by atoms with Crippen LogP contribution >= 0.6 is 11.3 Å². The molecule has 1 aromatic heterocycles. The van der Waals surface area contributed by atoms with Gasteiger partial charge in [-0.3, -0.25) is 9.59 Å². The summed E-state index contributed by atoms with van der Waals surface area (Å²) in [6.07, 6.45) is 1.57. The number of nitrogens with zero attached hydrogens (tertiary/aromatic N) is 1. The molecule has 0 bridgehead atoms. The van der Waals surface area contributed by atoms with Gasteiger partial charge in [-0.2, -0.15) is 0 Å². The molecular weight excluding hydrogens is 324 g/mol. The molecule has 5 nitrogen and oxygen atoms in total. The maximum absolute atomic E-state index is 12.6. The zero-order valence-corrected chi connectivity index (χ0v) is 14.9. The first-order chi connectivity index (χ1) is 11.5. The van der Waals surface area contributed by atoms with Crippen molar-refractivity contribution in [1.82, 2.24) is 4.98 Å². The van der Waals surface area contributed by atoms with Gasteiger partial charge in [0.25, 0.3) is 0 Å². The van der Waals surface area contributed by atoms with E-state index in [0.717, 1.165) is 29.7 Å². The molecule has 6 heteroatoms. The van der Waals surface area contributed by atoms with Gasteiger partial charge in [0.15, 0.2) is 0 Å². The number of rotatable bonds is 7. The van der Waals surface area contributed by atoms with Crippen molar-refractivity contribution < 1.29 is 14.7 Å². The number of para-hydroxylation sites is 1. The number of hydrogen-bond donors (Lipinski definition) is 2. The highest BCUT2D eigenvalue weighted by molar-refractivity contribution is 7.09. The van der Waals surface area contributed by atoms with Crippen LogP contribution in [-0.4, -0.2) is 22.0 Å². The van der Waals surface area contributed by atoms with Gasteiger partial charge in [-0.1, -0.05) is 32.0 Å². The average Bonchev–Trinajstić information content (AvgIpc) is 3.01. The van der Waals surface area contributed by atoms with E-state index >= 15 is 0 Å². The van der Waals surface area contributed by atoms with Crippen LogP contribution in [-0.2, 0) is 28.9 Å². The third-order valence-corrected chi connectivity index (χ3v) is 4.99. The van der Waals surface area contributed by atoms with Gasteiger partial charge in [-0.25, -0.2) is 4.98 Å². The second-order valence-electron chi connectivity index (χ2n) is 5.62. The van der Waals surface area contributed by atoms with Crippen molar-refractivity contribution in [3.8, 4) is 0 Å². The monoisotopic (exact) mass is 346 g/mol. The van der Waals surface area contributed by atoms with Crippen LogP contribution in [0.4, 0.5) is 5.69 Å². The topological polar surface area (TPSA) is 79.3 Å². The number of aryl methyl sites for hydroxylation is 2. The lowest BCUT2D eigenvalue weighted by molar-refractivity contribution is -0.136. The lowest BCUT2D eigenvalue weighted by Gasteiger charge is -2.16. The van der Waals surface area contributed by atoms with Crippen molar-refractivity contribution in [2.45, 2.75) is 46.0 Å². The van der Waals surface area contributed by atoms with Crippen LogP contribution < -0.4 is 5.32 Å².